The zero-order valence-corrected chi connectivity index (χ0v) is 6.81. The molecule has 0 heterocycles. The van der Waals surface area contributed by atoms with Crippen molar-refractivity contribution in [2.24, 2.45) is 0 Å². The van der Waals surface area contributed by atoms with Crippen molar-refractivity contribution in [3.8, 4) is 6.07 Å². The number of anilines is 1. The van der Waals surface area contributed by atoms with E-state index in [1.165, 1.54) is 0 Å². The molecule has 0 radical (unpaired) electrons. The van der Waals surface area contributed by atoms with Crippen LogP contribution in [0, 0.1) is 18.3 Å². The summed E-state index contributed by atoms with van der Waals surface area (Å²) in [5.41, 5.74) is 7.22. The fraction of sp³-hybridized carbons (Fsp3) is 0.125. The molecular weight excluding hydrogens is 160 g/mol. The number of nitrogen functional groups attached to an aromatic ring is 1. The van der Waals surface area contributed by atoms with Gasteiger partial charge in [0, 0.05) is 10.7 Å². The maximum absolute atomic E-state index is 8.64. The van der Waals surface area contributed by atoms with Gasteiger partial charge in [0.15, 0.2) is 0 Å². The molecule has 0 aliphatic carbocycles. The van der Waals surface area contributed by atoms with Gasteiger partial charge < -0.3 is 5.73 Å². The molecule has 0 amide bonds. The largest absolute Gasteiger partial charge is 0.398 e. The third kappa shape index (κ3) is 1.28. The lowest BCUT2D eigenvalue weighted by Gasteiger charge is -2.02. The Morgan fingerprint density at radius 2 is 2.18 bits per heavy atom. The third-order valence-corrected chi connectivity index (χ3v) is 1.95. The summed E-state index contributed by atoms with van der Waals surface area (Å²) >= 11 is 5.76. The molecule has 2 nitrogen and oxygen atoms in total. The van der Waals surface area contributed by atoms with Crippen molar-refractivity contribution in [2.75, 3.05) is 5.73 Å². The number of nitrogens with zero attached hydrogens (tertiary/aromatic N) is 1. The van der Waals surface area contributed by atoms with E-state index in [2.05, 4.69) is 0 Å². The molecule has 0 aliphatic rings. The standard InChI is InChI=1S/C8H7ClN2/c1-5-6(4-10)8(11)3-2-7(5)9/h2-3H,11H2,1H3. The Labute approximate surface area is 70.2 Å². The van der Waals surface area contributed by atoms with Gasteiger partial charge in [-0.25, -0.2) is 0 Å². The van der Waals surface area contributed by atoms with Crippen LogP contribution in [0.1, 0.15) is 11.1 Å². The molecule has 0 bridgehead atoms. The van der Waals surface area contributed by atoms with Gasteiger partial charge in [0.2, 0.25) is 0 Å². The average molecular weight is 167 g/mol. The molecule has 56 valence electrons. The van der Waals surface area contributed by atoms with Crippen molar-refractivity contribution in [1.29, 1.82) is 5.26 Å². The van der Waals surface area contributed by atoms with E-state index in [1.807, 2.05) is 6.07 Å². The predicted molar refractivity (Wildman–Crippen MR) is 45.3 cm³/mol. The van der Waals surface area contributed by atoms with Crippen LogP contribution < -0.4 is 5.73 Å². The number of benzene rings is 1. The lowest BCUT2D eigenvalue weighted by molar-refractivity contribution is 1.40. The number of rotatable bonds is 0. The predicted octanol–water partition coefficient (Wildman–Crippen LogP) is 2.10. The summed E-state index contributed by atoms with van der Waals surface area (Å²) in [6.45, 7) is 1.78. The summed E-state index contributed by atoms with van der Waals surface area (Å²) in [7, 11) is 0. The molecule has 0 saturated carbocycles. The van der Waals surface area contributed by atoms with Gasteiger partial charge in [-0.1, -0.05) is 11.6 Å². The Balaban J connectivity index is 3.44. The summed E-state index contributed by atoms with van der Waals surface area (Å²) in [6.07, 6.45) is 0. The number of nitrogens with two attached hydrogens (primary N) is 1. The van der Waals surface area contributed by atoms with Crippen molar-refractivity contribution in [2.45, 2.75) is 6.92 Å². The first kappa shape index (κ1) is 7.90. The Bertz CT molecular complexity index is 326. The lowest BCUT2D eigenvalue weighted by atomic mass is 10.1. The van der Waals surface area contributed by atoms with E-state index in [0.29, 0.717) is 16.3 Å². The quantitative estimate of drug-likeness (QED) is 0.600. The van der Waals surface area contributed by atoms with Crippen LogP contribution in [0.25, 0.3) is 0 Å². The maximum Gasteiger partial charge on any atom is 0.102 e. The minimum Gasteiger partial charge on any atom is -0.398 e. The second-order valence-corrected chi connectivity index (χ2v) is 2.66. The van der Waals surface area contributed by atoms with Crippen molar-refractivity contribution in [3.63, 3.8) is 0 Å². The summed E-state index contributed by atoms with van der Waals surface area (Å²) in [4.78, 5) is 0. The van der Waals surface area contributed by atoms with Crippen LogP contribution in [0.3, 0.4) is 0 Å². The minimum absolute atomic E-state index is 0.470. The van der Waals surface area contributed by atoms with Crippen LogP contribution in [0.5, 0.6) is 0 Å². The highest BCUT2D eigenvalue weighted by Crippen LogP contribution is 2.22. The van der Waals surface area contributed by atoms with Gasteiger partial charge >= 0.3 is 0 Å². The minimum atomic E-state index is 0.470. The van der Waals surface area contributed by atoms with Crippen LogP contribution in [-0.2, 0) is 0 Å². The molecule has 0 atom stereocenters. The van der Waals surface area contributed by atoms with Gasteiger partial charge in [-0.05, 0) is 24.6 Å². The Hall–Kier alpha value is -1.20. The molecule has 2 N–H and O–H groups in total. The highest BCUT2D eigenvalue weighted by atomic mass is 35.5. The van der Waals surface area contributed by atoms with Crippen LogP contribution in [-0.4, -0.2) is 0 Å². The number of hydrogen-bond acceptors (Lipinski definition) is 2. The van der Waals surface area contributed by atoms with Gasteiger partial charge in [-0.3, -0.25) is 0 Å². The van der Waals surface area contributed by atoms with E-state index in [1.54, 1.807) is 19.1 Å². The molecule has 1 aromatic carbocycles. The monoisotopic (exact) mass is 166 g/mol. The van der Waals surface area contributed by atoms with E-state index in [9.17, 15) is 0 Å². The highest BCUT2D eigenvalue weighted by Gasteiger charge is 2.04. The van der Waals surface area contributed by atoms with Crippen molar-refractivity contribution in [1.82, 2.24) is 0 Å². The smallest absolute Gasteiger partial charge is 0.102 e. The molecular formula is C8H7ClN2. The zero-order chi connectivity index (χ0) is 8.43. The fourth-order valence-corrected chi connectivity index (χ4v) is 1.01. The Kier molecular flexibility index (Phi) is 2.02. The molecule has 0 aromatic heterocycles. The first-order valence-electron chi connectivity index (χ1n) is 3.11. The first-order valence-corrected chi connectivity index (χ1v) is 3.49. The van der Waals surface area contributed by atoms with E-state index in [-0.39, 0.29) is 0 Å². The molecule has 0 aliphatic heterocycles. The van der Waals surface area contributed by atoms with Crippen LogP contribution in [0.2, 0.25) is 5.02 Å². The molecule has 1 rings (SSSR count). The molecule has 0 fully saturated rings. The Morgan fingerprint density at radius 1 is 1.55 bits per heavy atom. The molecule has 1 aromatic rings. The lowest BCUT2D eigenvalue weighted by Crippen LogP contribution is -1.93. The van der Waals surface area contributed by atoms with Gasteiger partial charge in [-0.2, -0.15) is 5.26 Å². The first-order chi connectivity index (χ1) is 5.16. The normalized spacial score (nSPS) is 9.18. The SMILES string of the molecule is Cc1c(Cl)ccc(N)c1C#N. The van der Waals surface area contributed by atoms with E-state index >= 15 is 0 Å². The molecule has 0 saturated heterocycles. The van der Waals surface area contributed by atoms with E-state index in [4.69, 9.17) is 22.6 Å². The molecule has 11 heavy (non-hydrogen) atoms. The fourth-order valence-electron chi connectivity index (χ4n) is 0.856. The van der Waals surface area contributed by atoms with E-state index < -0.39 is 0 Å². The van der Waals surface area contributed by atoms with Crippen LogP contribution in [0.15, 0.2) is 12.1 Å². The topological polar surface area (TPSA) is 49.8 Å². The molecule has 0 unspecified atom stereocenters. The van der Waals surface area contributed by atoms with Gasteiger partial charge in [0.25, 0.3) is 0 Å². The number of halogens is 1. The number of nitriles is 1. The summed E-state index contributed by atoms with van der Waals surface area (Å²) < 4.78 is 0. The van der Waals surface area contributed by atoms with Gasteiger partial charge in [0.05, 0.1) is 5.56 Å². The van der Waals surface area contributed by atoms with Crippen LogP contribution >= 0.6 is 11.6 Å². The number of hydrogen-bond donors (Lipinski definition) is 1. The Morgan fingerprint density at radius 3 is 2.64 bits per heavy atom. The van der Waals surface area contributed by atoms with Gasteiger partial charge in [-0.15, -0.1) is 0 Å². The summed E-state index contributed by atoms with van der Waals surface area (Å²) in [6, 6.07) is 5.32. The van der Waals surface area contributed by atoms with Crippen LogP contribution in [0.4, 0.5) is 5.69 Å². The molecule has 3 heteroatoms. The maximum atomic E-state index is 8.64. The molecule has 0 spiro atoms. The third-order valence-electron chi connectivity index (χ3n) is 1.54. The highest BCUT2D eigenvalue weighted by molar-refractivity contribution is 6.31. The zero-order valence-electron chi connectivity index (χ0n) is 6.06. The van der Waals surface area contributed by atoms with Crippen molar-refractivity contribution in [3.05, 3.63) is 28.3 Å². The van der Waals surface area contributed by atoms with Gasteiger partial charge in [0.1, 0.15) is 6.07 Å². The average Bonchev–Trinajstić information content (AvgIpc) is 1.99. The summed E-state index contributed by atoms with van der Waals surface area (Å²) in [5, 5.41) is 9.21. The van der Waals surface area contributed by atoms with E-state index in [0.717, 1.165) is 5.56 Å². The second kappa shape index (κ2) is 2.81. The van der Waals surface area contributed by atoms with Crippen molar-refractivity contribution < 1.29 is 0 Å². The van der Waals surface area contributed by atoms with Crippen molar-refractivity contribution >= 4 is 17.3 Å². The summed E-state index contributed by atoms with van der Waals surface area (Å²) in [5.74, 6) is 0. The second-order valence-electron chi connectivity index (χ2n) is 2.25.